The molecule has 0 amide bonds. The van der Waals surface area contributed by atoms with Gasteiger partial charge in [-0.05, 0) is 6.42 Å². The van der Waals surface area contributed by atoms with Gasteiger partial charge in [0.05, 0.1) is 5.75 Å². The smallest absolute Gasteiger partial charge is 0.313 e. The third-order valence-electron chi connectivity index (χ3n) is 2.13. The number of nitrogens with one attached hydrogen (secondary N) is 1. The Morgan fingerprint density at radius 3 is 2.22 bits per heavy atom. The van der Waals surface area contributed by atoms with Gasteiger partial charge < -0.3 is 5.32 Å². The van der Waals surface area contributed by atoms with Gasteiger partial charge in [0.2, 0.25) is 10.0 Å². The first-order chi connectivity index (χ1) is 8.08. The van der Waals surface area contributed by atoms with Crippen LogP contribution in [0.3, 0.4) is 0 Å². The van der Waals surface area contributed by atoms with Gasteiger partial charge >= 0.3 is 6.18 Å². The molecule has 110 valence electrons. The largest absolute Gasteiger partial charge is 0.402 e. The maximum absolute atomic E-state index is 12.3. The molecule has 0 heterocycles. The fourth-order valence-corrected chi connectivity index (χ4v) is 2.81. The van der Waals surface area contributed by atoms with Crippen molar-refractivity contribution >= 4 is 10.0 Å². The summed E-state index contributed by atoms with van der Waals surface area (Å²) in [5, 5.41) is 2.87. The van der Waals surface area contributed by atoms with E-state index in [1.165, 1.54) is 0 Å². The van der Waals surface area contributed by atoms with Crippen LogP contribution in [-0.4, -0.2) is 50.3 Å². The maximum atomic E-state index is 12.3. The summed E-state index contributed by atoms with van der Waals surface area (Å²) in [7, 11) is -3.86. The van der Waals surface area contributed by atoms with Gasteiger partial charge in [0.1, 0.15) is 6.54 Å². The highest BCUT2D eigenvalue weighted by atomic mass is 32.2. The average Bonchev–Trinajstić information content (AvgIpc) is 2.14. The molecule has 0 atom stereocenters. The molecule has 0 radical (unpaired) electrons. The first-order valence-corrected chi connectivity index (χ1v) is 7.47. The van der Waals surface area contributed by atoms with Gasteiger partial charge in [-0.25, -0.2) is 8.42 Å². The molecule has 0 fully saturated rings. The van der Waals surface area contributed by atoms with Crippen LogP contribution >= 0.6 is 0 Å². The molecule has 0 aromatic rings. The van der Waals surface area contributed by atoms with Gasteiger partial charge in [-0.15, -0.1) is 0 Å². The molecule has 18 heavy (non-hydrogen) atoms. The molecule has 0 rings (SSSR count). The quantitative estimate of drug-likeness (QED) is 0.738. The molecule has 0 spiro atoms. The number of hydrogen-bond acceptors (Lipinski definition) is 3. The molecule has 0 aromatic heterocycles. The topological polar surface area (TPSA) is 49.4 Å². The zero-order chi connectivity index (χ0) is 14.4. The van der Waals surface area contributed by atoms with Gasteiger partial charge in [-0.2, -0.15) is 17.5 Å². The van der Waals surface area contributed by atoms with E-state index in [0.29, 0.717) is 10.7 Å². The highest BCUT2D eigenvalue weighted by Crippen LogP contribution is 2.18. The summed E-state index contributed by atoms with van der Waals surface area (Å²) in [4.78, 5) is 0. The van der Waals surface area contributed by atoms with Crippen molar-refractivity contribution in [3.63, 3.8) is 0 Å². The summed E-state index contributed by atoms with van der Waals surface area (Å²) >= 11 is 0. The van der Waals surface area contributed by atoms with Gasteiger partial charge in [0, 0.05) is 19.1 Å². The van der Waals surface area contributed by atoms with E-state index < -0.39 is 22.7 Å². The molecular formula is C10H21F3N2O2S. The molecular weight excluding hydrogens is 269 g/mol. The molecule has 8 heteroatoms. The number of hydrogen-bond donors (Lipinski definition) is 1. The molecule has 0 aliphatic carbocycles. The summed E-state index contributed by atoms with van der Waals surface area (Å²) in [6.07, 6.45) is -4.15. The molecule has 1 N–H and O–H groups in total. The van der Waals surface area contributed by atoms with Crippen molar-refractivity contribution < 1.29 is 21.6 Å². The van der Waals surface area contributed by atoms with E-state index in [1.54, 1.807) is 6.92 Å². The van der Waals surface area contributed by atoms with E-state index in [4.69, 9.17) is 0 Å². The predicted octanol–water partition coefficient (Wildman–Crippen LogP) is 1.59. The van der Waals surface area contributed by atoms with Gasteiger partial charge in [-0.3, -0.25) is 0 Å². The van der Waals surface area contributed by atoms with Crippen LogP contribution in [0.2, 0.25) is 0 Å². The van der Waals surface area contributed by atoms with Crippen molar-refractivity contribution in [1.29, 1.82) is 0 Å². The standard InChI is InChI=1S/C10H21F3N2O2S/c1-4-6-15(8-10(11,12)13)18(16,17)7-5-14-9(2)3/h9,14H,4-8H2,1-3H3. The van der Waals surface area contributed by atoms with Crippen molar-refractivity contribution in [1.82, 2.24) is 9.62 Å². The normalized spacial score (nSPS) is 13.6. The molecule has 4 nitrogen and oxygen atoms in total. The highest BCUT2D eigenvalue weighted by molar-refractivity contribution is 7.89. The Bertz CT molecular complexity index is 329. The molecule has 0 aromatic carbocycles. The number of halogens is 3. The SMILES string of the molecule is CCCN(CC(F)(F)F)S(=O)(=O)CCNC(C)C. The van der Waals surface area contributed by atoms with E-state index in [2.05, 4.69) is 5.32 Å². The molecule has 0 unspecified atom stereocenters. The zero-order valence-electron chi connectivity index (χ0n) is 10.9. The minimum atomic E-state index is -4.51. The first kappa shape index (κ1) is 17.7. The van der Waals surface area contributed by atoms with Crippen LogP contribution < -0.4 is 5.32 Å². The summed E-state index contributed by atoms with van der Waals surface area (Å²) in [6.45, 7) is 3.95. The molecule has 0 saturated carbocycles. The van der Waals surface area contributed by atoms with Gasteiger partial charge in [0.15, 0.2) is 0 Å². The second-order valence-corrected chi connectivity index (χ2v) is 6.46. The monoisotopic (exact) mass is 290 g/mol. The lowest BCUT2D eigenvalue weighted by molar-refractivity contribution is -0.136. The predicted molar refractivity (Wildman–Crippen MR) is 64.8 cm³/mol. The summed E-state index contributed by atoms with van der Waals surface area (Å²) in [5.41, 5.74) is 0. The van der Waals surface area contributed by atoms with Crippen LogP contribution in [-0.2, 0) is 10.0 Å². The minimum Gasteiger partial charge on any atom is -0.313 e. The van der Waals surface area contributed by atoms with E-state index in [0.717, 1.165) is 0 Å². The lowest BCUT2D eigenvalue weighted by atomic mass is 10.4. The van der Waals surface area contributed by atoms with Crippen molar-refractivity contribution in [2.24, 2.45) is 0 Å². The van der Waals surface area contributed by atoms with Crippen molar-refractivity contribution in [2.45, 2.75) is 39.4 Å². The fraction of sp³-hybridized carbons (Fsp3) is 1.00. The lowest BCUT2D eigenvalue weighted by Gasteiger charge is -2.23. The first-order valence-electron chi connectivity index (χ1n) is 5.86. The molecule has 0 aliphatic rings. The van der Waals surface area contributed by atoms with E-state index in [9.17, 15) is 21.6 Å². The Labute approximate surface area is 107 Å². The Kier molecular flexibility index (Phi) is 7.16. The van der Waals surface area contributed by atoms with Crippen molar-refractivity contribution in [2.75, 3.05) is 25.4 Å². The maximum Gasteiger partial charge on any atom is 0.402 e. The Hall–Kier alpha value is -0.340. The van der Waals surface area contributed by atoms with Crippen molar-refractivity contribution in [3.8, 4) is 0 Å². The number of alkyl halides is 3. The molecule has 0 aliphatic heterocycles. The minimum absolute atomic E-state index is 0.0995. The van der Waals surface area contributed by atoms with Crippen LogP contribution in [0, 0.1) is 0 Å². The van der Waals surface area contributed by atoms with E-state index in [-0.39, 0.29) is 24.9 Å². The Morgan fingerprint density at radius 1 is 1.28 bits per heavy atom. The summed E-state index contributed by atoms with van der Waals surface area (Å²) in [6, 6.07) is 0.0995. The van der Waals surface area contributed by atoms with Crippen LogP contribution in [0.4, 0.5) is 13.2 Å². The summed E-state index contributed by atoms with van der Waals surface area (Å²) in [5.74, 6) is -0.318. The van der Waals surface area contributed by atoms with E-state index >= 15 is 0 Å². The second kappa shape index (κ2) is 7.30. The zero-order valence-corrected chi connectivity index (χ0v) is 11.7. The fourth-order valence-electron chi connectivity index (χ4n) is 1.37. The summed E-state index contributed by atoms with van der Waals surface area (Å²) < 4.78 is 60.9. The number of sulfonamides is 1. The van der Waals surface area contributed by atoms with E-state index in [1.807, 2.05) is 13.8 Å². The average molecular weight is 290 g/mol. The van der Waals surface area contributed by atoms with Crippen LogP contribution in [0.15, 0.2) is 0 Å². The Balaban J connectivity index is 4.56. The lowest BCUT2D eigenvalue weighted by Crippen LogP contribution is -2.42. The second-order valence-electron chi connectivity index (χ2n) is 4.37. The Morgan fingerprint density at radius 2 is 1.83 bits per heavy atom. The molecule has 0 saturated heterocycles. The molecule has 0 bridgehead atoms. The van der Waals surface area contributed by atoms with Gasteiger partial charge in [-0.1, -0.05) is 20.8 Å². The van der Waals surface area contributed by atoms with Crippen LogP contribution in [0.1, 0.15) is 27.2 Å². The number of rotatable bonds is 8. The third kappa shape index (κ3) is 7.88. The van der Waals surface area contributed by atoms with Crippen molar-refractivity contribution in [3.05, 3.63) is 0 Å². The van der Waals surface area contributed by atoms with Gasteiger partial charge in [0.25, 0.3) is 0 Å². The third-order valence-corrected chi connectivity index (χ3v) is 3.95. The highest BCUT2D eigenvalue weighted by Gasteiger charge is 2.35. The van der Waals surface area contributed by atoms with Crippen LogP contribution in [0.25, 0.3) is 0 Å². The number of nitrogens with zero attached hydrogens (tertiary/aromatic N) is 1. The van der Waals surface area contributed by atoms with Crippen LogP contribution in [0.5, 0.6) is 0 Å².